The number of methoxy groups -OCH3 is 1. The lowest BCUT2D eigenvalue weighted by Crippen LogP contribution is -2.25. The zero-order valence-electron chi connectivity index (χ0n) is 10.1. The first-order valence-electron chi connectivity index (χ1n) is 5.63. The molecular weight excluding hydrogens is 208 g/mol. The number of nitrogens with two attached hydrogens (primary N) is 1. The molecule has 1 amide bonds. The zero-order valence-corrected chi connectivity index (χ0v) is 10.1. The van der Waals surface area contributed by atoms with E-state index in [-0.39, 0.29) is 11.9 Å². The topological polar surface area (TPSA) is 81.4 Å². The van der Waals surface area contributed by atoms with Crippen LogP contribution in [0.5, 0.6) is 0 Å². The third-order valence-electron chi connectivity index (χ3n) is 2.37. The highest BCUT2D eigenvalue weighted by Crippen LogP contribution is 2.02. The van der Waals surface area contributed by atoms with Crippen molar-refractivity contribution in [1.82, 2.24) is 5.32 Å². The molecule has 0 aromatic carbocycles. The van der Waals surface area contributed by atoms with E-state index in [1.54, 1.807) is 0 Å². The van der Waals surface area contributed by atoms with Gasteiger partial charge in [-0.15, -0.1) is 0 Å². The SMILES string of the molecule is COC(=O)CCCNC(=O)CCC(C)CN. The van der Waals surface area contributed by atoms with Gasteiger partial charge in [-0.3, -0.25) is 9.59 Å². The molecule has 0 rings (SSSR count). The first kappa shape index (κ1) is 14.9. The average Bonchev–Trinajstić information content (AvgIpc) is 2.31. The molecule has 1 atom stereocenters. The zero-order chi connectivity index (χ0) is 12.4. The van der Waals surface area contributed by atoms with Crippen LogP contribution >= 0.6 is 0 Å². The van der Waals surface area contributed by atoms with Gasteiger partial charge in [0, 0.05) is 19.4 Å². The van der Waals surface area contributed by atoms with Crippen LogP contribution in [0.15, 0.2) is 0 Å². The Morgan fingerprint density at radius 2 is 2.06 bits per heavy atom. The van der Waals surface area contributed by atoms with Gasteiger partial charge in [-0.05, 0) is 25.3 Å². The van der Waals surface area contributed by atoms with Crippen LogP contribution in [0.4, 0.5) is 0 Å². The molecular formula is C11H22N2O3. The van der Waals surface area contributed by atoms with Crippen LogP contribution in [-0.4, -0.2) is 32.1 Å². The van der Waals surface area contributed by atoms with Gasteiger partial charge in [0.2, 0.25) is 5.91 Å². The molecule has 0 saturated carbocycles. The summed E-state index contributed by atoms with van der Waals surface area (Å²) in [4.78, 5) is 22.1. The monoisotopic (exact) mass is 230 g/mol. The number of carbonyl (C=O) groups excluding carboxylic acids is 2. The molecule has 0 aliphatic heterocycles. The summed E-state index contributed by atoms with van der Waals surface area (Å²) in [6, 6.07) is 0. The second kappa shape index (κ2) is 9.15. The maximum Gasteiger partial charge on any atom is 0.305 e. The largest absolute Gasteiger partial charge is 0.469 e. The molecule has 0 aromatic rings. The first-order chi connectivity index (χ1) is 7.60. The lowest BCUT2D eigenvalue weighted by Gasteiger charge is -2.08. The van der Waals surface area contributed by atoms with Gasteiger partial charge in [0.15, 0.2) is 0 Å². The number of nitrogens with one attached hydrogen (secondary N) is 1. The first-order valence-corrected chi connectivity index (χ1v) is 5.63. The lowest BCUT2D eigenvalue weighted by atomic mass is 10.1. The minimum absolute atomic E-state index is 0.0187. The number of esters is 1. The molecule has 0 aromatic heterocycles. The van der Waals surface area contributed by atoms with Crippen LogP contribution in [0.25, 0.3) is 0 Å². The van der Waals surface area contributed by atoms with Crippen molar-refractivity contribution in [3.05, 3.63) is 0 Å². The summed E-state index contributed by atoms with van der Waals surface area (Å²) >= 11 is 0. The Kier molecular flexibility index (Phi) is 8.52. The predicted molar refractivity (Wildman–Crippen MR) is 61.7 cm³/mol. The van der Waals surface area contributed by atoms with Crippen molar-refractivity contribution < 1.29 is 14.3 Å². The minimum atomic E-state index is -0.244. The molecule has 0 saturated heterocycles. The second-order valence-corrected chi connectivity index (χ2v) is 3.91. The minimum Gasteiger partial charge on any atom is -0.469 e. The van der Waals surface area contributed by atoms with Gasteiger partial charge in [-0.2, -0.15) is 0 Å². The number of amides is 1. The van der Waals surface area contributed by atoms with Crippen molar-refractivity contribution in [1.29, 1.82) is 0 Å². The molecule has 5 nitrogen and oxygen atoms in total. The number of hydrogen-bond acceptors (Lipinski definition) is 4. The molecule has 0 heterocycles. The molecule has 0 spiro atoms. The highest BCUT2D eigenvalue weighted by atomic mass is 16.5. The van der Waals surface area contributed by atoms with E-state index in [1.807, 2.05) is 6.92 Å². The molecule has 16 heavy (non-hydrogen) atoms. The lowest BCUT2D eigenvalue weighted by molar-refractivity contribution is -0.140. The summed E-state index contributed by atoms with van der Waals surface area (Å²) < 4.78 is 4.49. The molecule has 5 heteroatoms. The average molecular weight is 230 g/mol. The number of hydrogen-bond donors (Lipinski definition) is 2. The summed E-state index contributed by atoms with van der Waals surface area (Å²) in [5.41, 5.74) is 5.45. The van der Waals surface area contributed by atoms with Crippen LogP contribution in [0.2, 0.25) is 0 Å². The van der Waals surface area contributed by atoms with Crippen LogP contribution in [0.1, 0.15) is 32.6 Å². The molecule has 94 valence electrons. The van der Waals surface area contributed by atoms with E-state index in [4.69, 9.17) is 5.73 Å². The van der Waals surface area contributed by atoms with E-state index < -0.39 is 0 Å². The van der Waals surface area contributed by atoms with Crippen molar-refractivity contribution in [3.8, 4) is 0 Å². The molecule has 0 bridgehead atoms. The summed E-state index contributed by atoms with van der Waals surface area (Å²) in [7, 11) is 1.36. The molecule has 0 aliphatic carbocycles. The van der Waals surface area contributed by atoms with Crippen molar-refractivity contribution in [2.75, 3.05) is 20.2 Å². The summed E-state index contributed by atoms with van der Waals surface area (Å²) in [5.74, 6) is 0.150. The van der Waals surface area contributed by atoms with Gasteiger partial charge in [-0.25, -0.2) is 0 Å². The summed E-state index contributed by atoms with van der Waals surface area (Å²) in [6.45, 7) is 3.14. The normalized spacial score (nSPS) is 11.9. The van der Waals surface area contributed by atoms with Crippen LogP contribution in [0, 0.1) is 5.92 Å². The van der Waals surface area contributed by atoms with Crippen molar-refractivity contribution in [2.45, 2.75) is 32.6 Å². The summed E-state index contributed by atoms with van der Waals surface area (Å²) in [5, 5.41) is 2.75. The smallest absolute Gasteiger partial charge is 0.305 e. The van der Waals surface area contributed by atoms with Crippen molar-refractivity contribution >= 4 is 11.9 Å². The predicted octanol–water partition coefficient (Wildman–Crippen LogP) is 0.431. The quantitative estimate of drug-likeness (QED) is 0.468. The van der Waals surface area contributed by atoms with Gasteiger partial charge in [0.25, 0.3) is 0 Å². The number of carbonyl (C=O) groups is 2. The molecule has 1 unspecified atom stereocenters. The molecule has 0 aliphatic rings. The Labute approximate surface area is 96.7 Å². The highest BCUT2D eigenvalue weighted by molar-refractivity contribution is 5.75. The Morgan fingerprint density at radius 1 is 1.38 bits per heavy atom. The van der Waals surface area contributed by atoms with Gasteiger partial charge in [-0.1, -0.05) is 6.92 Å². The van der Waals surface area contributed by atoms with E-state index in [0.717, 1.165) is 6.42 Å². The van der Waals surface area contributed by atoms with Gasteiger partial charge in [0.05, 0.1) is 7.11 Å². The van der Waals surface area contributed by atoms with E-state index >= 15 is 0 Å². The Morgan fingerprint density at radius 3 is 2.62 bits per heavy atom. The Hall–Kier alpha value is -1.10. The van der Waals surface area contributed by atoms with Gasteiger partial charge >= 0.3 is 5.97 Å². The maximum atomic E-state index is 11.3. The third-order valence-corrected chi connectivity index (χ3v) is 2.37. The molecule has 0 radical (unpaired) electrons. The van der Waals surface area contributed by atoms with E-state index in [1.165, 1.54) is 7.11 Å². The molecule has 0 fully saturated rings. The fraction of sp³-hybridized carbons (Fsp3) is 0.818. The maximum absolute atomic E-state index is 11.3. The van der Waals surface area contributed by atoms with Crippen LogP contribution in [-0.2, 0) is 14.3 Å². The van der Waals surface area contributed by atoms with Gasteiger partial charge in [0.1, 0.15) is 0 Å². The Bertz CT molecular complexity index is 219. The van der Waals surface area contributed by atoms with E-state index in [2.05, 4.69) is 10.1 Å². The van der Waals surface area contributed by atoms with Crippen molar-refractivity contribution in [2.24, 2.45) is 11.7 Å². The highest BCUT2D eigenvalue weighted by Gasteiger charge is 2.05. The van der Waals surface area contributed by atoms with E-state index in [0.29, 0.717) is 38.3 Å². The van der Waals surface area contributed by atoms with Crippen LogP contribution in [0.3, 0.4) is 0 Å². The standard InChI is InChI=1S/C11H22N2O3/c1-9(8-12)5-6-10(14)13-7-3-4-11(15)16-2/h9H,3-8,12H2,1-2H3,(H,13,14). The Balaban J connectivity index is 3.40. The van der Waals surface area contributed by atoms with Gasteiger partial charge < -0.3 is 15.8 Å². The third kappa shape index (κ3) is 8.23. The molecule has 3 N–H and O–H groups in total. The van der Waals surface area contributed by atoms with Crippen LogP contribution < -0.4 is 11.1 Å². The van der Waals surface area contributed by atoms with Crippen molar-refractivity contribution in [3.63, 3.8) is 0 Å². The second-order valence-electron chi connectivity index (χ2n) is 3.91. The van der Waals surface area contributed by atoms with E-state index in [9.17, 15) is 9.59 Å². The summed E-state index contributed by atoms with van der Waals surface area (Å²) in [6.07, 6.45) is 2.26. The fourth-order valence-electron chi connectivity index (χ4n) is 1.15. The fourth-order valence-corrected chi connectivity index (χ4v) is 1.15. The number of ether oxygens (including phenoxy) is 1. The number of rotatable bonds is 8.